The summed E-state index contributed by atoms with van der Waals surface area (Å²) in [5, 5.41) is 12.7. The van der Waals surface area contributed by atoms with E-state index in [1.807, 2.05) is 0 Å². The summed E-state index contributed by atoms with van der Waals surface area (Å²) in [5.74, 6) is -1.16. The summed E-state index contributed by atoms with van der Waals surface area (Å²) in [5.41, 5.74) is -2.91. The minimum absolute atomic E-state index is 0.104. The Hall–Kier alpha value is -1.97. The standard InChI is InChI=1S/C19H15BrClF3N2O3/c20-11-3-1-2-10(8-11)16(18(29)6-4-12(27)9-18)26-17(28)15-14(21)13(5-7-25-15)19(22,23)24/h1-3,5,7-8,16,29H,4,6,9H2,(H,26,28). The van der Waals surface area contributed by atoms with Crippen LogP contribution >= 0.6 is 27.5 Å². The fourth-order valence-corrected chi connectivity index (χ4v) is 4.08. The van der Waals surface area contributed by atoms with Crippen molar-refractivity contribution in [1.82, 2.24) is 10.3 Å². The van der Waals surface area contributed by atoms with Crippen molar-refractivity contribution < 1.29 is 27.9 Å². The van der Waals surface area contributed by atoms with Gasteiger partial charge in [0.25, 0.3) is 5.91 Å². The molecule has 0 spiro atoms. The molecule has 1 aliphatic carbocycles. The Morgan fingerprint density at radius 2 is 2.07 bits per heavy atom. The molecule has 1 fully saturated rings. The summed E-state index contributed by atoms with van der Waals surface area (Å²) >= 11 is 9.10. The van der Waals surface area contributed by atoms with Gasteiger partial charge in [-0.25, -0.2) is 4.98 Å². The molecule has 0 saturated heterocycles. The second kappa shape index (κ2) is 8.04. The molecule has 1 aliphatic rings. The van der Waals surface area contributed by atoms with Gasteiger partial charge in [-0.15, -0.1) is 0 Å². The molecular weight excluding hydrogens is 477 g/mol. The third-order valence-corrected chi connectivity index (χ3v) is 5.62. The molecule has 1 amide bonds. The average molecular weight is 492 g/mol. The Kier molecular flexibility index (Phi) is 6.03. The third kappa shape index (κ3) is 4.62. The monoisotopic (exact) mass is 490 g/mol. The van der Waals surface area contributed by atoms with Gasteiger partial charge in [-0.05, 0) is 30.2 Å². The molecule has 2 N–H and O–H groups in total. The first-order valence-electron chi connectivity index (χ1n) is 8.53. The van der Waals surface area contributed by atoms with Gasteiger partial charge in [-0.3, -0.25) is 9.59 Å². The number of benzene rings is 1. The molecule has 1 saturated carbocycles. The number of nitrogens with one attached hydrogen (secondary N) is 1. The van der Waals surface area contributed by atoms with Crippen LogP contribution in [0.15, 0.2) is 41.0 Å². The van der Waals surface area contributed by atoms with Crippen molar-refractivity contribution in [2.75, 3.05) is 0 Å². The highest BCUT2D eigenvalue weighted by molar-refractivity contribution is 9.10. The zero-order valence-electron chi connectivity index (χ0n) is 14.8. The number of alkyl halides is 3. The van der Waals surface area contributed by atoms with Crippen LogP contribution < -0.4 is 5.32 Å². The molecule has 5 nitrogen and oxygen atoms in total. The lowest BCUT2D eigenvalue weighted by Crippen LogP contribution is -2.45. The Bertz CT molecular complexity index is 970. The summed E-state index contributed by atoms with van der Waals surface area (Å²) in [7, 11) is 0. The number of rotatable bonds is 4. The van der Waals surface area contributed by atoms with Crippen LogP contribution in [0.5, 0.6) is 0 Å². The highest BCUT2D eigenvalue weighted by Gasteiger charge is 2.45. The molecular formula is C19H15BrClF3N2O3. The van der Waals surface area contributed by atoms with Crippen LogP contribution in [0.2, 0.25) is 5.02 Å². The molecule has 1 aromatic heterocycles. The lowest BCUT2D eigenvalue weighted by Gasteiger charge is -2.33. The van der Waals surface area contributed by atoms with Gasteiger partial charge in [-0.2, -0.15) is 13.2 Å². The normalized spacial score (nSPS) is 20.6. The quantitative estimate of drug-likeness (QED) is 0.661. The lowest BCUT2D eigenvalue weighted by molar-refractivity contribution is -0.137. The van der Waals surface area contributed by atoms with E-state index in [2.05, 4.69) is 26.2 Å². The van der Waals surface area contributed by atoms with Crippen LogP contribution in [-0.4, -0.2) is 27.4 Å². The number of aliphatic hydroxyl groups is 1. The molecule has 0 radical (unpaired) electrons. The second-order valence-electron chi connectivity index (χ2n) is 6.80. The predicted molar refractivity (Wildman–Crippen MR) is 102 cm³/mol. The van der Waals surface area contributed by atoms with E-state index < -0.39 is 40.0 Å². The van der Waals surface area contributed by atoms with E-state index in [1.54, 1.807) is 24.3 Å². The fourth-order valence-electron chi connectivity index (χ4n) is 3.35. The lowest BCUT2D eigenvalue weighted by atomic mass is 9.86. The van der Waals surface area contributed by atoms with Gasteiger partial charge in [0.2, 0.25) is 0 Å². The van der Waals surface area contributed by atoms with Crippen LogP contribution in [0.25, 0.3) is 0 Å². The van der Waals surface area contributed by atoms with E-state index in [1.165, 1.54) is 0 Å². The summed E-state index contributed by atoms with van der Waals surface area (Å²) in [6, 6.07) is 6.32. The number of amides is 1. The molecule has 2 aromatic rings. The number of halogens is 5. The van der Waals surface area contributed by atoms with Crippen LogP contribution in [-0.2, 0) is 11.0 Å². The first-order chi connectivity index (χ1) is 13.5. The molecule has 2 atom stereocenters. The average Bonchev–Trinajstić information content (AvgIpc) is 2.98. The van der Waals surface area contributed by atoms with Crippen molar-refractivity contribution >= 4 is 39.2 Å². The van der Waals surface area contributed by atoms with E-state index in [4.69, 9.17) is 11.6 Å². The van der Waals surface area contributed by atoms with Gasteiger partial charge in [0.1, 0.15) is 11.5 Å². The summed E-state index contributed by atoms with van der Waals surface area (Å²) in [6.45, 7) is 0. The van der Waals surface area contributed by atoms with E-state index in [0.29, 0.717) is 16.1 Å². The molecule has 0 bridgehead atoms. The Morgan fingerprint density at radius 1 is 1.34 bits per heavy atom. The molecule has 1 heterocycles. The summed E-state index contributed by atoms with van der Waals surface area (Å²) in [4.78, 5) is 28.2. The Morgan fingerprint density at radius 3 is 2.66 bits per heavy atom. The van der Waals surface area contributed by atoms with Crippen LogP contribution in [0.1, 0.15) is 46.9 Å². The maximum atomic E-state index is 13.1. The number of ketones is 1. The van der Waals surface area contributed by atoms with Crippen molar-refractivity contribution in [2.24, 2.45) is 0 Å². The van der Waals surface area contributed by atoms with E-state index in [-0.39, 0.29) is 25.0 Å². The number of carbonyl (C=O) groups excluding carboxylic acids is 2. The minimum Gasteiger partial charge on any atom is -0.387 e. The number of nitrogens with zero attached hydrogens (tertiary/aromatic N) is 1. The molecule has 154 valence electrons. The third-order valence-electron chi connectivity index (χ3n) is 4.74. The van der Waals surface area contributed by atoms with Crippen molar-refractivity contribution in [2.45, 2.75) is 37.1 Å². The first-order valence-corrected chi connectivity index (χ1v) is 9.70. The van der Waals surface area contributed by atoms with E-state index in [9.17, 15) is 27.9 Å². The highest BCUT2D eigenvalue weighted by atomic mass is 79.9. The molecule has 2 unspecified atom stereocenters. The van der Waals surface area contributed by atoms with Crippen LogP contribution in [0.3, 0.4) is 0 Å². The van der Waals surface area contributed by atoms with Gasteiger partial charge < -0.3 is 10.4 Å². The van der Waals surface area contributed by atoms with Gasteiger partial charge in [0.05, 0.1) is 22.2 Å². The van der Waals surface area contributed by atoms with Crippen molar-refractivity contribution in [3.05, 3.63) is 62.8 Å². The summed E-state index contributed by atoms with van der Waals surface area (Å²) < 4.78 is 39.9. The maximum Gasteiger partial charge on any atom is 0.417 e. The van der Waals surface area contributed by atoms with Gasteiger partial charge in [0.15, 0.2) is 0 Å². The van der Waals surface area contributed by atoms with Crippen molar-refractivity contribution in [3.8, 4) is 0 Å². The summed E-state index contributed by atoms with van der Waals surface area (Å²) in [6.07, 6.45) is -3.86. The zero-order chi connectivity index (χ0) is 21.4. The number of carbonyl (C=O) groups is 2. The van der Waals surface area contributed by atoms with Crippen LogP contribution in [0.4, 0.5) is 13.2 Å². The number of pyridine rings is 1. The highest BCUT2D eigenvalue weighted by Crippen LogP contribution is 2.40. The maximum absolute atomic E-state index is 13.1. The van der Waals surface area contributed by atoms with Gasteiger partial charge in [0, 0.05) is 23.5 Å². The largest absolute Gasteiger partial charge is 0.417 e. The molecule has 0 aliphatic heterocycles. The fraction of sp³-hybridized carbons (Fsp3) is 0.316. The van der Waals surface area contributed by atoms with E-state index in [0.717, 1.165) is 6.20 Å². The van der Waals surface area contributed by atoms with Gasteiger partial charge in [-0.1, -0.05) is 39.7 Å². The SMILES string of the molecule is O=C1CCC(O)(C(NC(=O)c2nccc(C(F)(F)F)c2Cl)c2cccc(Br)c2)C1. The van der Waals surface area contributed by atoms with Crippen molar-refractivity contribution in [3.63, 3.8) is 0 Å². The van der Waals surface area contributed by atoms with Crippen molar-refractivity contribution in [1.29, 1.82) is 0 Å². The smallest absolute Gasteiger partial charge is 0.387 e. The minimum atomic E-state index is -4.76. The second-order valence-corrected chi connectivity index (χ2v) is 8.09. The number of hydrogen-bond acceptors (Lipinski definition) is 4. The van der Waals surface area contributed by atoms with Gasteiger partial charge >= 0.3 is 6.18 Å². The topological polar surface area (TPSA) is 79.3 Å². The zero-order valence-corrected chi connectivity index (χ0v) is 17.1. The molecule has 3 rings (SSSR count). The predicted octanol–water partition coefficient (Wildman–Crippen LogP) is 4.47. The first kappa shape index (κ1) is 21.7. The molecule has 10 heteroatoms. The van der Waals surface area contributed by atoms with E-state index >= 15 is 0 Å². The molecule has 1 aromatic carbocycles. The number of Topliss-reactive ketones (excluding diaryl/α,β-unsaturated/α-hetero) is 1. The Balaban J connectivity index is 1.99. The number of aromatic nitrogens is 1. The number of hydrogen-bond donors (Lipinski definition) is 2. The van der Waals surface area contributed by atoms with Crippen LogP contribution in [0, 0.1) is 0 Å². The Labute approximate surface area is 177 Å². The molecule has 29 heavy (non-hydrogen) atoms.